The van der Waals surface area contributed by atoms with Gasteiger partial charge in [-0.2, -0.15) is 0 Å². The Balaban J connectivity index is 1.97. The van der Waals surface area contributed by atoms with Crippen molar-refractivity contribution in [1.82, 2.24) is 5.32 Å². The second-order valence-electron chi connectivity index (χ2n) is 4.34. The standard InChI is InChI=1S/C12H15F2NOS/c13-9-1-2-11(10(14)7-9)17-8-12(16)3-5-15-6-4-12/h1-2,7,15-16H,3-6,8H2. The average Bonchev–Trinajstić information content (AvgIpc) is 2.29. The highest BCUT2D eigenvalue weighted by Crippen LogP contribution is 2.29. The van der Waals surface area contributed by atoms with Crippen molar-refractivity contribution in [2.75, 3.05) is 18.8 Å². The van der Waals surface area contributed by atoms with Gasteiger partial charge in [0, 0.05) is 16.7 Å². The lowest BCUT2D eigenvalue weighted by molar-refractivity contribution is 0.0339. The van der Waals surface area contributed by atoms with Crippen molar-refractivity contribution >= 4 is 11.8 Å². The molecule has 0 atom stereocenters. The van der Waals surface area contributed by atoms with Gasteiger partial charge in [-0.1, -0.05) is 0 Å². The Morgan fingerprint density at radius 1 is 1.29 bits per heavy atom. The minimum Gasteiger partial charge on any atom is -0.389 e. The molecule has 0 spiro atoms. The minimum atomic E-state index is -0.739. The van der Waals surface area contributed by atoms with Gasteiger partial charge in [-0.15, -0.1) is 11.8 Å². The van der Waals surface area contributed by atoms with Crippen molar-refractivity contribution in [1.29, 1.82) is 0 Å². The van der Waals surface area contributed by atoms with E-state index >= 15 is 0 Å². The Hall–Kier alpha value is -0.650. The van der Waals surface area contributed by atoms with Crippen LogP contribution in [0.2, 0.25) is 0 Å². The smallest absolute Gasteiger partial charge is 0.139 e. The number of hydrogen-bond donors (Lipinski definition) is 2. The molecule has 1 aliphatic heterocycles. The molecule has 1 saturated heterocycles. The molecule has 94 valence electrons. The predicted molar refractivity (Wildman–Crippen MR) is 64.1 cm³/mol. The summed E-state index contributed by atoms with van der Waals surface area (Å²) in [5, 5.41) is 13.4. The Kier molecular flexibility index (Phi) is 4.01. The lowest BCUT2D eigenvalue weighted by Crippen LogP contribution is -2.43. The third-order valence-electron chi connectivity index (χ3n) is 2.92. The van der Waals surface area contributed by atoms with Crippen LogP contribution in [0.5, 0.6) is 0 Å². The van der Waals surface area contributed by atoms with Crippen LogP contribution >= 0.6 is 11.8 Å². The van der Waals surface area contributed by atoms with E-state index in [0.717, 1.165) is 19.2 Å². The largest absolute Gasteiger partial charge is 0.389 e. The summed E-state index contributed by atoms with van der Waals surface area (Å²) in [6, 6.07) is 3.52. The Labute approximate surface area is 103 Å². The molecule has 1 aliphatic rings. The predicted octanol–water partition coefficient (Wildman–Crippen LogP) is 2.17. The van der Waals surface area contributed by atoms with Crippen LogP contribution in [0.3, 0.4) is 0 Å². The number of aliphatic hydroxyl groups is 1. The zero-order chi connectivity index (χ0) is 12.3. The summed E-state index contributed by atoms with van der Waals surface area (Å²) < 4.78 is 26.1. The number of rotatable bonds is 3. The van der Waals surface area contributed by atoms with E-state index in [-0.39, 0.29) is 0 Å². The van der Waals surface area contributed by atoms with Gasteiger partial charge in [-0.3, -0.25) is 0 Å². The molecule has 5 heteroatoms. The van der Waals surface area contributed by atoms with Gasteiger partial charge in [0.05, 0.1) is 5.60 Å². The highest BCUT2D eigenvalue weighted by Gasteiger charge is 2.29. The first-order valence-electron chi connectivity index (χ1n) is 5.60. The summed E-state index contributed by atoms with van der Waals surface area (Å²) >= 11 is 1.24. The number of thioether (sulfide) groups is 1. The van der Waals surface area contributed by atoms with Crippen LogP contribution < -0.4 is 5.32 Å². The van der Waals surface area contributed by atoms with Crippen LogP contribution in [0.4, 0.5) is 8.78 Å². The summed E-state index contributed by atoms with van der Waals surface area (Å²) in [4.78, 5) is 0.387. The lowest BCUT2D eigenvalue weighted by atomic mass is 9.95. The third-order valence-corrected chi connectivity index (χ3v) is 4.25. The summed E-state index contributed by atoms with van der Waals surface area (Å²) in [6.07, 6.45) is 1.34. The van der Waals surface area contributed by atoms with E-state index in [2.05, 4.69) is 5.32 Å². The van der Waals surface area contributed by atoms with Crippen molar-refractivity contribution in [3.05, 3.63) is 29.8 Å². The van der Waals surface area contributed by atoms with Crippen LogP contribution in [0.15, 0.2) is 23.1 Å². The summed E-state index contributed by atoms with van der Waals surface area (Å²) in [5.41, 5.74) is -0.739. The number of hydrogen-bond acceptors (Lipinski definition) is 3. The van der Waals surface area contributed by atoms with Crippen LogP contribution in [0.1, 0.15) is 12.8 Å². The molecule has 0 saturated carbocycles. The zero-order valence-corrected chi connectivity index (χ0v) is 10.2. The van der Waals surface area contributed by atoms with Gasteiger partial charge >= 0.3 is 0 Å². The molecule has 2 N–H and O–H groups in total. The second-order valence-corrected chi connectivity index (χ2v) is 5.35. The fraction of sp³-hybridized carbons (Fsp3) is 0.500. The average molecular weight is 259 g/mol. The number of halogens is 2. The van der Waals surface area contributed by atoms with E-state index < -0.39 is 17.2 Å². The monoisotopic (exact) mass is 259 g/mol. The Morgan fingerprint density at radius 3 is 2.65 bits per heavy atom. The van der Waals surface area contributed by atoms with Crippen LogP contribution in [0, 0.1) is 11.6 Å². The van der Waals surface area contributed by atoms with Gasteiger partial charge in [-0.25, -0.2) is 8.78 Å². The Morgan fingerprint density at radius 2 is 2.00 bits per heavy atom. The molecule has 1 fully saturated rings. The Bertz CT molecular complexity index is 394. The minimum absolute atomic E-state index is 0.387. The first kappa shape index (κ1) is 12.8. The highest BCUT2D eigenvalue weighted by atomic mass is 32.2. The molecule has 1 aromatic carbocycles. The molecule has 2 rings (SSSR count). The van der Waals surface area contributed by atoms with E-state index in [0.29, 0.717) is 23.5 Å². The van der Waals surface area contributed by atoms with Crippen molar-refractivity contribution in [2.45, 2.75) is 23.3 Å². The molecule has 2 nitrogen and oxygen atoms in total. The van der Waals surface area contributed by atoms with Crippen molar-refractivity contribution in [2.24, 2.45) is 0 Å². The normalized spacial score (nSPS) is 19.2. The maximum atomic E-state index is 13.4. The number of benzene rings is 1. The molecule has 0 aliphatic carbocycles. The fourth-order valence-electron chi connectivity index (χ4n) is 1.84. The van der Waals surface area contributed by atoms with E-state index in [1.54, 1.807) is 0 Å². The van der Waals surface area contributed by atoms with Gasteiger partial charge in [0.25, 0.3) is 0 Å². The molecule has 1 aromatic rings. The molecule has 17 heavy (non-hydrogen) atoms. The van der Waals surface area contributed by atoms with Crippen molar-refractivity contribution in [3.63, 3.8) is 0 Å². The molecule has 0 radical (unpaired) electrons. The topological polar surface area (TPSA) is 32.3 Å². The van der Waals surface area contributed by atoms with E-state index in [9.17, 15) is 13.9 Å². The molecular formula is C12H15F2NOS. The highest BCUT2D eigenvalue weighted by molar-refractivity contribution is 7.99. The van der Waals surface area contributed by atoms with Crippen LogP contribution in [0.25, 0.3) is 0 Å². The van der Waals surface area contributed by atoms with E-state index in [1.807, 2.05) is 0 Å². The van der Waals surface area contributed by atoms with Gasteiger partial charge in [-0.05, 0) is 38.1 Å². The van der Waals surface area contributed by atoms with E-state index in [1.165, 1.54) is 23.9 Å². The van der Waals surface area contributed by atoms with Gasteiger partial charge in [0.1, 0.15) is 11.6 Å². The molecule has 0 amide bonds. The molecule has 0 unspecified atom stereocenters. The zero-order valence-electron chi connectivity index (χ0n) is 9.38. The first-order valence-corrected chi connectivity index (χ1v) is 6.59. The summed E-state index contributed by atoms with van der Waals surface area (Å²) in [5.74, 6) is -0.697. The summed E-state index contributed by atoms with van der Waals surface area (Å²) in [6.45, 7) is 1.56. The van der Waals surface area contributed by atoms with Crippen LogP contribution in [-0.4, -0.2) is 29.5 Å². The molecule has 1 heterocycles. The van der Waals surface area contributed by atoms with Gasteiger partial charge < -0.3 is 10.4 Å². The SMILES string of the molecule is OC1(CSc2ccc(F)cc2F)CCNCC1. The maximum Gasteiger partial charge on any atom is 0.139 e. The molecule has 0 aromatic heterocycles. The lowest BCUT2D eigenvalue weighted by Gasteiger charge is -2.32. The quantitative estimate of drug-likeness (QED) is 0.816. The molecular weight excluding hydrogens is 244 g/mol. The summed E-state index contributed by atoms with van der Waals surface area (Å²) in [7, 11) is 0. The fourth-order valence-corrected chi connectivity index (χ4v) is 2.91. The maximum absolute atomic E-state index is 13.4. The van der Waals surface area contributed by atoms with Gasteiger partial charge in [0.2, 0.25) is 0 Å². The van der Waals surface area contributed by atoms with E-state index in [4.69, 9.17) is 0 Å². The van der Waals surface area contributed by atoms with Crippen LogP contribution in [-0.2, 0) is 0 Å². The third kappa shape index (κ3) is 3.40. The second kappa shape index (κ2) is 5.33. The van der Waals surface area contributed by atoms with Crippen molar-refractivity contribution < 1.29 is 13.9 Å². The van der Waals surface area contributed by atoms with Crippen molar-refractivity contribution in [3.8, 4) is 0 Å². The van der Waals surface area contributed by atoms with Gasteiger partial charge in [0.15, 0.2) is 0 Å². The number of piperidine rings is 1. The first-order chi connectivity index (χ1) is 8.09. The number of nitrogens with one attached hydrogen (secondary N) is 1. The molecule has 0 bridgehead atoms.